The molecule has 3 heterocycles. The first-order chi connectivity index (χ1) is 16.3. The van der Waals surface area contributed by atoms with E-state index in [0.717, 1.165) is 54.0 Å². The summed E-state index contributed by atoms with van der Waals surface area (Å²) in [5, 5.41) is 12.4. The number of nitrogens with zero attached hydrogens (tertiary/aromatic N) is 3. The Balaban J connectivity index is 1.78. The molecular formula is C26H34N4O4. The van der Waals surface area contributed by atoms with E-state index in [4.69, 9.17) is 9.72 Å². The van der Waals surface area contributed by atoms with E-state index in [9.17, 15) is 14.7 Å². The summed E-state index contributed by atoms with van der Waals surface area (Å²) in [5.74, 6) is 0.473. The molecule has 1 aliphatic heterocycles. The molecule has 2 atom stereocenters. The summed E-state index contributed by atoms with van der Waals surface area (Å²) in [5.41, 5.74) is 4.46. The third kappa shape index (κ3) is 4.79. The number of carboxylic acid groups (broad SMARTS) is 1. The van der Waals surface area contributed by atoms with E-state index in [1.165, 1.54) is 0 Å². The lowest BCUT2D eigenvalue weighted by atomic mass is 9.92. The molecule has 0 spiro atoms. The molecule has 8 heteroatoms. The molecule has 1 saturated heterocycles. The van der Waals surface area contributed by atoms with E-state index in [0.29, 0.717) is 24.4 Å². The number of aryl methyl sites for hydroxylation is 2. The minimum atomic E-state index is -0.842. The number of aromatic nitrogens is 3. The standard InChI is InChI=1S/C26H34N4O4/c1-5-21(26(32)33)27-14-18-6-7-23-22(13-18)28-24(20-12-16(2)25(31)29(4)15-20)30(23)17(3)19-8-10-34-11-9-19/h6-7,12-13,15,17,19,21,27H,5,8-11,14H2,1-4H3,(H,32,33). The zero-order valence-corrected chi connectivity index (χ0v) is 20.4. The van der Waals surface area contributed by atoms with Crippen molar-refractivity contribution in [2.45, 2.75) is 58.7 Å². The molecule has 3 aromatic rings. The van der Waals surface area contributed by atoms with E-state index in [-0.39, 0.29) is 11.6 Å². The fraction of sp³-hybridized carbons (Fsp3) is 0.500. The predicted molar refractivity (Wildman–Crippen MR) is 132 cm³/mol. The number of rotatable bonds is 8. The van der Waals surface area contributed by atoms with E-state index >= 15 is 0 Å². The number of nitrogens with one attached hydrogen (secondary N) is 1. The van der Waals surface area contributed by atoms with Crippen LogP contribution in [0.15, 0.2) is 35.3 Å². The number of pyridine rings is 1. The molecule has 34 heavy (non-hydrogen) atoms. The highest BCUT2D eigenvalue weighted by molar-refractivity contribution is 5.81. The summed E-state index contributed by atoms with van der Waals surface area (Å²) >= 11 is 0. The van der Waals surface area contributed by atoms with Gasteiger partial charge in [0.05, 0.1) is 11.0 Å². The van der Waals surface area contributed by atoms with Gasteiger partial charge in [-0.05, 0) is 62.8 Å². The monoisotopic (exact) mass is 466 g/mol. The Morgan fingerprint density at radius 2 is 2.03 bits per heavy atom. The Labute approximate surface area is 199 Å². The van der Waals surface area contributed by atoms with Crippen molar-refractivity contribution in [3.8, 4) is 11.4 Å². The van der Waals surface area contributed by atoms with Crippen molar-refractivity contribution in [3.63, 3.8) is 0 Å². The summed E-state index contributed by atoms with van der Waals surface area (Å²) in [6, 6.07) is 7.69. The van der Waals surface area contributed by atoms with Gasteiger partial charge in [0, 0.05) is 50.2 Å². The topological polar surface area (TPSA) is 98.4 Å². The number of hydrogen-bond donors (Lipinski definition) is 2. The molecule has 2 N–H and O–H groups in total. The minimum Gasteiger partial charge on any atom is -0.480 e. The van der Waals surface area contributed by atoms with E-state index in [2.05, 4.69) is 22.9 Å². The second-order valence-corrected chi connectivity index (χ2v) is 9.33. The Morgan fingerprint density at radius 3 is 2.68 bits per heavy atom. The molecule has 1 aliphatic rings. The molecule has 2 aromatic heterocycles. The van der Waals surface area contributed by atoms with Gasteiger partial charge < -0.3 is 24.3 Å². The maximum atomic E-state index is 12.3. The van der Waals surface area contributed by atoms with Crippen LogP contribution < -0.4 is 10.9 Å². The van der Waals surface area contributed by atoms with E-state index in [1.54, 1.807) is 11.6 Å². The lowest BCUT2D eigenvalue weighted by molar-refractivity contribution is -0.139. The van der Waals surface area contributed by atoms with Crippen molar-refractivity contribution >= 4 is 17.0 Å². The fourth-order valence-electron chi connectivity index (χ4n) is 4.93. The largest absolute Gasteiger partial charge is 0.480 e. The van der Waals surface area contributed by atoms with Crippen LogP contribution in [0.3, 0.4) is 0 Å². The number of carboxylic acids is 1. The summed E-state index contributed by atoms with van der Waals surface area (Å²) in [6.45, 7) is 7.93. The van der Waals surface area contributed by atoms with Gasteiger partial charge in [0.15, 0.2) is 0 Å². The molecule has 0 aliphatic carbocycles. The first kappa shape index (κ1) is 24.2. The molecular weight excluding hydrogens is 432 g/mol. The third-order valence-electron chi connectivity index (χ3n) is 6.99. The smallest absolute Gasteiger partial charge is 0.320 e. The van der Waals surface area contributed by atoms with Gasteiger partial charge in [-0.2, -0.15) is 0 Å². The molecule has 4 rings (SSSR count). The van der Waals surface area contributed by atoms with Crippen LogP contribution in [-0.4, -0.2) is 44.4 Å². The van der Waals surface area contributed by atoms with Crippen LogP contribution in [0.25, 0.3) is 22.4 Å². The number of ether oxygens (including phenoxy) is 1. The number of fused-ring (bicyclic) bond motifs is 1. The highest BCUT2D eigenvalue weighted by atomic mass is 16.5. The van der Waals surface area contributed by atoms with Crippen LogP contribution in [0.5, 0.6) is 0 Å². The van der Waals surface area contributed by atoms with Gasteiger partial charge in [-0.1, -0.05) is 13.0 Å². The third-order valence-corrected chi connectivity index (χ3v) is 6.99. The van der Waals surface area contributed by atoms with Crippen LogP contribution in [0.4, 0.5) is 0 Å². The maximum Gasteiger partial charge on any atom is 0.320 e. The predicted octanol–water partition coefficient (Wildman–Crippen LogP) is 3.65. The molecule has 0 amide bonds. The summed E-state index contributed by atoms with van der Waals surface area (Å²) in [4.78, 5) is 28.7. The van der Waals surface area contributed by atoms with Crippen LogP contribution in [0.2, 0.25) is 0 Å². The molecule has 2 unspecified atom stereocenters. The lowest BCUT2D eigenvalue weighted by Gasteiger charge is -2.30. The van der Waals surface area contributed by atoms with E-state index in [1.807, 2.05) is 38.2 Å². The van der Waals surface area contributed by atoms with E-state index < -0.39 is 12.0 Å². The van der Waals surface area contributed by atoms with Crippen LogP contribution in [-0.2, 0) is 23.1 Å². The van der Waals surface area contributed by atoms with Crippen molar-refractivity contribution in [2.75, 3.05) is 13.2 Å². The van der Waals surface area contributed by atoms with Crippen molar-refractivity contribution < 1.29 is 14.6 Å². The Bertz CT molecular complexity index is 1210. The van der Waals surface area contributed by atoms with Crippen molar-refractivity contribution in [2.24, 2.45) is 13.0 Å². The Morgan fingerprint density at radius 1 is 1.29 bits per heavy atom. The van der Waals surface area contributed by atoms with Crippen LogP contribution >= 0.6 is 0 Å². The molecule has 0 radical (unpaired) electrons. The number of imidazole rings is 1. The normalized spacial score (nSPS) is 16.6. The first-order valence-corrected chi connectivity index (χ1v) is 12.0. The average Bonchev–Trinajstić information content (AvgIpc) is 3.21. The van der Waals surface area contributed by atoms with Gasteiger partial charge in [0.2, 0.25) is 0 Å². The quantitative estimate of drug-likeness (QED) is 0.526. The van der Waals surface area contributed by atoms with Crippen molar-refractivity contribution in [3.05, 3.63) is 51.9 Å². The minimum absolute atomic E-state index is 0.0128. The van der Waals surface area contributed by atoms with Crippen LogP contribution in [0, 0.1) is 12.8 Å². The summed E-state index contributed by atoms with van der Waals surface area (Å²) in [7, 11) is 1.77. The number of carbonyl (C=O) groups is 1. The van der Waals surface area contributed by atoms with Gasteiger partial charge in [-0.15, -0.1) is 0 Å². The van der Waals surface area contributed by atoms with Crippen molar-refractivity contribution in [1.82, 2.24) is 19.4 Å². The number of hydrogen-bond acceptors (Lipinski definition) is 5. The van der Waals surface area contributed by atoms with Crippen molar-refractivity contribution in [1.29, 1.82) is 0 Å². The van der Waals surface area contributed by atoms with Gasteiger partial charge in [-0.3, -0.25) is 9.59 Å². The highest BCUT2D eigenvalue weighted by Gasteiger charge is 2.26. The second kappa shape index (κ2) is 10.1. The van der Waals surface area contributed by atoms with Gasteiger partial charge in [0.1, 0.15) is 11.9 Å². The second-order valence-electron chi connectivity index (χ2n) is 9.33. The molecule has 182 valence electrons. The van der Waals surface area contributed by atoms with Gasteiger partial charge in [-0.25, -0.2) is 4.98 Å². The zero-order chi connectivity index (χ0) is 24.4. The average molecular weight is 467 g/mol. The van der Waals surface area contributed by atoms with Crippen LogP contribution in [0.1, 0.15) is 50.3 Å². The van der Waals surface area contributed by atoms with Gasteiger partial charge in [0.25, 0.3) is 5.56 Å². The maximum absolute atomic E-state index is 12.3. The Kier molecular flexibility index (Phi) is 7.19. The summed E-state index contributed by atoms with van der Waals surface area (Å²) < 4.78 is 9.50. The molecule has 0 bridgehead atoms. The highest BCUT2D eigenvalue weighted by Crippen LogP contribution is 2.35. The Hall–Kier alpha value is -2.97. The molecule has 0 saturated carbocycles. The molecule has 8 nitrogen and oxygen atoms in total. The zero-order valence-electron chi connectivity index (χ0n) is 20.4. The molecule has 1 fully saturated rings. The SMILES string of the molecule is CCC(NCc1ccc2c(c1)nc(-c1cc(C)c(=O)n(C)c1)n2C(C)C1CCOCC1)C(=O)O. The first-order valence-electron chi connectivity index (χ1n) is 12.0. The van der Waals surface area contributed by atoms with Gasteiger partial charge >= 0.3 is 5.97 Å². The number of aliphatic carboxylic acids is 1. The fourth-order valence-corrected chi connectivity index (χ4v) is 4.93. The number of benzene rings is 1. The molecule has 1 aromatic carbocycles. The lowest BCUT2D eigenvalue weighted by Crippen LogP contribution is -2.35. The summed E-state index contributed by atoms with van der Waals surface area (Å²) in [6.07, 6.45) is 4.38.